The Balaban J connectivity index is 0.000000257. The number of likely N-dealkylation sites (N-methyl/N-ethyl adjacent to an activating group) is 1. The second kappa shape index (κ2) is 14.0. The first-order valence-corrected chi connectivity index (χ1v) is 12.7. The Kier molecular flexibility index (Phi) is 11.8. The molecule has 2 aliphatic heterocycles. The van der Waals surface area contributed by atoms with Crippen molar-refractivity contribution < 1.29 is 31.6 Å². The molecular formula is C23H36F3N3O4S. The molecule has 0 saturated carbocycles. The fourth-order valence-electron chi connectivity index (χ4n) is 3.85. The molecule has 0 aliphatic carbocycles. The highest BCUT2D eigenvalue weighted by Gasteiger charge is 2.46. The van der Waals surface area contributed by atoms with Crippen LogP contribution in [0.4, 0.5) is 13.2 Å². The predicted molar refractivity (Wildman–Crippen MR) is 126 cm³/mol. The number of hydrogen-bond donors (Lipinski definition) is 1. The molecule has 2 unspecified atom stereocenters. The van der Waals surface area contributed by atoms with Gasteiger partial charge in [-0.2, -0.15) is 13.2 Å². The molecule has 2 atom stereocenters. The second-order valence-electron chi connectivity index (χ2n) is 8.54. The summed E-state index contributed by atoms with van der Waals surface area (Å²) in [5.41, 5.74) is 5.62. The van der Waals surface area contributed by atoms with E-state index in [1.165, 1.54) is 0 Å². The van der Waals surface area contributed by atoms with Crippen LogP contribution in [-0.2, 0) is 20.5 Å². The quantitative estimate of drug-likeness (QED) is 0.574. The molecule has 0 aromatic heterocycles. The van der Waals surface area contributed by atoms with Gasteiger partial charge in [0.1, 0.15) is 21.5 Å². The molecular weight excluding hydrogens is 471 g/mol. The molecule has 2 saturated heterocycles. The zero-order valence-corrected chi connectivity index (χ0v) is 20.5. The molecule has 2 heterocycles. The maximum Gasteiger partial charge on any atom is 0.389 e. The SMILES string of the molecule is CN1CCCN(S(=O)C2(C(N)=O)CCCOCC2)CC1.FC(F)(F)CCCOc1ccccc1. The number of alkyl halides is 3. The van der Waals surface area contributed by atoms with Crippen LogP contribution in [0.25, 0.3) is 0 Å². The highest BCUT2D eigenvalue weighted by molar-refractivity contribution is 7.85. The van der Waals surface area contributed by atoms with Crippen molar-refractivity contribution in [3.8, 4) is 5.75 Å². The van der Waals surface area contributed by atoms with E-state index in [1.54, 1.807) is 24.3 Å². The molecule has 1 amide bonds. The van der Waals surface area contributed by atoms with Gasteiger partial charge in [-0.15, -0.1) is 0 Å². The normalized spacial score (nSPS) is 23.6. The van der Waals surface area contributed by atoms with Crippen LogP contribution >= 0.6 is 0 Å². The van der Waals surface area contributed by atoms with Crippen LogP contribution in [0.5, 0.6) is 5.75 Å². The van der Waals surface area contributed by atoms with Gasteiger partial charge in [-0.3, -0.25) is 4.79 Å². The third-order valence-electron chi connectivity index (χ3n) is 5.83. The lowest BCUT2D eigenvalue weighted by atomic mass is 9.99. The maximum absolute atomic E-state index is 13.0. The Morgan fingerprint density at radius 2 is 1.85 bits per heavy atom. The number of para-hydroxylation sites is 1. The average molecular weight is 508 g/mol. The summed E-state index contributed by atoms with van der Waals surface area (Å²) in [5, 5.41) is 0. The Morgan fingerprint density at radius 3 is 2.53 bits per heavy atom. The first-order chi connectivity index (χ1) is 16.1. The van der Waals surface area contributed by atoms with Crippen molar-refractivity contribution in [1.29, 1.82) is 0 Å². The van der Waals surface area contributed by atoms with E-state index < -0.39 is 34.2 Å². The van der Waals surface area contributed by atoms with E-state index in [-0.39, 0.29) is 13.0 Å². The van der Waals surface area contributed by atoms with Crippen LogP contribution in [0, 0.1) is 0 Å². The molecule has 2 aliphatic rings. The van der Waals surface area contributed by atoms with Crippen molar-refractivity contribution in [3.05, 3.63) is 30.3 Å². The predicted octanol–water partition coefficient (Wildman–Crippen LogP) is 3.12. The number of carbonyl (C=O) groups excluding carboxylic acids is 1. The molecule has 2 N–H and O–H groups in total. The first-order valence-electron chi connectivity index (χ1n) is 11.6. The smallest absolute Gasteiger partial charge is 0.389 e. The van der Waals surface area contributed by atoms with E-state index in [1.807, 2.05) is 10.4 Å². The van der Waals surface area contributed by atoms with Crippen LogP contribution in [0.15, 0.2) is 30.3 Å². The monoisotopic (exact) mass is 507 g/mol. The van der Waals surface area contributed by atoms with Gasteiger partial charge in [0, 0.05) is 39.3 Å². The maximum atomic E-state index is 13.0. The van der Waals surface area contributed by atoms with Crippen molar-refractivity contribution in [2.75, 3.05) is 53.0 Å². The molecule has 7 nitrogen and oxygen atoms in total. The number of ether oxygens (including phenoxy) is 2. The number of nitrogens with zero attached hydrogens (tertiary/aromatic N) is 2. The van der Waals surface area contributed by atoms with Crippen molar-refractivity contribution in [2.24, 2.45) is 5.73 Å². The van der Waals surface area contributed by atoms with Gasteiger partial charge < -0.3 is 20.1 Å². The third-order valence-corrected chi connectivity index (χ3v) is 7.94. The Morgan fingerprint density at radius 1 is 1.12 bits per heavy atom. The first kappa shape index (κ1) is 28.5. The molecule has 3 rings (SSSR count). The molecule has 0 bridgehead atoms. The lowest BCUT2D eigenvalue weighted by molar-refractivity contribution is -0.136. The number of primary amides is 1. The van der Waals surface area contributed by atoms with Crippen molar-refractivity contribution in [1.82, 2.24) is 9.21 Å². The summed E-state index contributed by atoms with van der Waals surface area (Å²) >= 11 is 0. The minimum absolute atomic E-state index is 0.00159. The summed E-state index contributed by atoms with van der Waals surface area (Å²) in [6, 6.07) is 8.81. The summed E-state index contributed by atoms with van der Waals surface area (Å²) in [7, 11) is 0.699. The molecule has 194 valence electrons. The summed E-state index contributed by atoms with van der Waals surface area (Å²) in [4.78, 5) is 14.2. The summed E-state index contributed by atoms with van der Waals surface area (Å²) in [6.45, 7) is 4.53. The molecule has 1 aromatic carbocycles. The second-order valence-corrected chi connectivity index (χ2v) is 10.3. The fraction of sp³-hybridized carbons (Fsp3) is 0.696. The fourth-order valence-corrected chi connectivity index (χ4v) is 5.63. The third kappa shape index (κ3) is 9.52. The van der Waals surface area contributed by atoms with Crippen molar-refractivity contribution in [3.63, 3.8) is 0 Å². The number of carbonyl (C=O) groups is 1. The highest BCUT2D eigenvalue weighted by atomic mass is 32.2. The molecule has 1 aromatic rings. The summed E-state index contributed by atoms with van der Waals surface area (Å²) in [6.07, 6.45) is -2.16. The lowest BCUT2D eigenvalue weighted by Gasteiger charge is -2.33. The molecule has 34 heavy (non-hydrogen) atoms. The van der Waals surface area contributed by atoms with E-state index in [0.717, 1.165) is 39.0 Å². The Labute approximate surface area is 202 Å². The van der Waals surface area contributed by atoms with Crippen LogP contribution < -0.4 is 10.5 Å². The number of rotatable bonds is 7. The number of halogens is 3. The number of nitrogens with two attached hydrogens (primary N) is 1. The van der Waals surface area contributed by atoms with Gasteiger partial charge in [0.15, 0.2) is 0 Å². The summed E-state index contributed by atoms with van der Waals surface area (Å²) < 4.78 is 59.7. The largest absolute Gasteiger partial charge is 0.494 e. The van der Waals surface area contributed by atoms with Gasteiger partial charge in [0.05, 0.1) is 6.61 Å². The number of hydrogen-bond acceptors (Lipinski definition) is 5. The number of amides is 1. The zero-order valence-electron chi connectivity index (χ0n) is 19.7. The standard InChI is InChI=1S/C13H25N3O3S.C10H11F3O/c1-15-6-3-7-16(9-8-15)20(18)13(12(14)17)4-2-10-19-11-5-13;11-10(12,13)7-4-8-14-9-5-2-1-3-6-9/h2-11H2,1H3,(H2,14,17);1-3,5-6H,4,7-8H2. The van der Waals surface area contributed by atoms with Crippen LogP contribution in [0.1, 0.15) is 38.5 Å². The van der Waals surface area contributed by atoms with Crippen LogP contribution in [0.2, 0.25) is 0 Å². The molecule has 0 radical (unpaired) electrons. The van der Waals surface area contributed by atoms with E-state index in [9.17, 15) is 22.2 Å². The zero-order chi connectivity index (χ0) is 25.0. The van der Waals surface area contributed by atoms with E-state index in [2.05, 4.69) is 11.9 Å². The lowest BCUT2D eigenvalue weighted by Crippen LogP contribution is -2.53. The summed E-state index contributed by atoms with van der Waals surface area (Å²) in [5.74, 6) is 0.161. The van der Waals surface area contributed by atoms with E-state index in [4.69, 9.17) is 15.2 Å². The van der Waals surface area contributed by atoms with Crippen molar-refractivity contribution in [2.45, 2.75) is 49.4 Å². The topological polar surface area (TPSA) is 85.1 Å². The van der Waals surface area contributed by atoms with Gasteiger partial charge in [0.25, 0.3) is 0 Å². The van der Waals surface area contributed by atoms with Gasteiger partial charge >= 0.3 is 6.18 Å². The minimum Gasteiger partial charge on any atom is -0.494 e. The van der Waals surface area contributed by atoms with Gasteiger partial charge in [-0.25, -0.2) is 8.51 Å². The Hall–Kier alpha value is -1.69. The molecule has 11 heteroatoms. The molecule has 0 spiro atoms. The van der Waals surface area contributed by atoms with Gasteiger partial charge in [-0.1, -0.05) is 18.2 Å². The average Bonchev–Trinajstić information content (AvgIpc) is 3.18. The molecule has 2 fully saturated rings. The minimum atomic E-state index is -4.08. The van der Waals surface area contributed by atoms with Crippen LogP contribution in [-0.4, -0.2) is 83.3 Å². The Bertz CT molecular complexity index is 760. The number of benzene rings is 1. The van der Waals surface area contributed by atoms with Crippen molar-refractivity contribution >= 4 is 16.9 Å². The van der Waals surface area contributed by atoms with Gasteiger partial charge in [-0.05, 0) is 57.8 Å². The van der Waals surface area contributed by atoms with E-state index in [0.29, 0.717) is 31.8 Å². The van der Waals surface area contributed by atoms with Gasteiger partial charge in [0.2, 0.25) is 5.91 Å². The highest BCUT2D eigenvalue weighted by Crippen LogP contribution is 2.30. The van der Waals surface area contributed by atoms with Crippen LogP contribution in [0.3, 0.4) is 0 Å². The van der Waals surface area contributed by atoms with E-state index >= 15 is 0 Å².